The predicted octanol–water partition coefficient (Wildman–Crippen LogP) is 4.06. The van der Waals surface area contributed by atoms with Crippen LogP contribution < -0.4 is 10.1 Å². The third kappa shape index (κ3) is 6.84. The highest BCUT2D eigenvalue weighted by Gasteiger charge is 2.13. The van der Waals surface area contributed by atoms with Crippen molar-refractivity contribution in [1.29, 1.82) is 0 Å². The smallest absolute Gasteiger partial charge is 0.142 e. The van der Waals surface area contributed by atoms with Gasteiger partial charge in [-0.15, -0.1) is 0 Å². The SMILES string of the molecule is CCNCc1cc(Cl)cc(Cl)c1OCC(O)COCc1ccccc1. The van der Waals surface area contributed by atoms with Crippen molar-refractivity contribution in [2.24, 2.45) is 0 Å². The quantitative estimate of drug-likeness (QED) is 0.649. The summed E-state index contributed by atoms with van der Waals surface area (Å²) in [5.41, 5.74) is 1.92. The van der Waals surface area contributed by atoms with Crippen LogP contribution in [0.25, 0.3) is 0 Å². The van der Waals surface area contributed by atoms with Crippen molar-refractivity contribution in [2.45, 2.75) is 26.2 Å². The van der Waals surface area contributed by atoms with Crippen LogP contribution in [0.5, 0.6) is 5.75 Å². The van der Waals surface area contributed by atoms with Gasteiger partial charge < -0.3 is 19.9 Å². The Bertz CT molecular complexity index is 653. The van der Waals surface area contributed by atoms with Crippen molar-refractivity contribution in [2.75, 3.05) is 19.8 Å². The molecular formula is C19H23Cl2NO3. The molecule has 1 atom stereocenters. The Balaban J connectivity index is 1.85. The fraction of sp³-hybridized carbons (Fsp3) is 0.368. The average molecular weight is 384 g/mol. The molecule has 0 spiro atoms. The van der Waals surface area contributed by atoms with E-state index in [-0.39, 0.29) is 13.2 Å². The minimum Gasteiger partial charge on any atom is -0.489 e. The number of hydrogen-bond donors (Lipinski definition) is 2. The molecule has 0 aromatic heterocycles. The fourth-order valence-electron chi connectivity index (χ4n) is 2.28. The summed E-state index contributed by atoms with van der Waals surface area (Å²) in [5.74, 6) is 0.536. The zero-order valence-electron chi connectivity index (χ0n) is 14.2. The normalized spacial score (nSPS) is 12.2. The zero-order valence-corrected chi connectivity index (χ0v) is 15.7. The van der Waals surface area contributed by atoms with Gasteiger partial charge in [0.15, 0.2) is 0 Å². The molecule has 6 heteroatoms. The molecule has 0 radical (unpaired) electrons. The molecule has 2 rings (SSSR count). The summed E-state index contributed by atoms with van der Waals surface area (Å²) >= 11 is 12.3. The van der Waals surface area contributed by atoms with E-state index >= 15 is 0 Å². The van der Waals surface area contributed by atoms with Crippen LogP contribution in [0.2, 0.25) is 10.0 Å². The lowest BCUT2D eigenvalue weighted by atomic mass is 10.2. The van der Waals surface area contributed by atoms with E-state index in [9.17, 15) is 5.11 Å². The van der Waals surface area contributed by atoms with Gasteiger partial charge in [-0.1, -0.05) is 60.5 Å². The number of hydrogen-bond acceptors (Lipinski definition) is 4. The second-order valence-corrected chi connectivity index (χ2v) is 6.47. The van der Waals surface area contributed by atoms with E-state index in [2.05, 4.69) is 5.32 Å². The number of benzene rings is 2. The van der Waals surface area contributed by atoms with Gasteiger partial charge >= 0.3 is 0 Å². The molecular weight excluding hydrogens is 361 g/mol. The number of aliphatic hydroxyl groups is 1. The maximum absolute atomic E-state index is 10.1. The molecule has 0 aliphatic heterocycles. The Morgan fingerprint density at radius 1 is 1.12 bits per heavy atom. The van der Waals surface area contributed by atoms with Gasteiger partial charge in [-0.2, -0.15) is 0 Å². The molecule has 136 valence electrons. The number of aliphatic hydroxyl groups excluding tert-OH is 1. The van der Waals surface area contributed by atoms with Crippen molar-refractivity contribution in [3.63, 3.8) is 0 Å². The Labute approximate surface area is 158 Å². The minimum atomic E-state index is -0.748. The highest BCUT2D eigenvalue weighted by atomic mass is 35.5. The van der Waals surface area contributed by atoms with Crippen LogP contribution in [0, 0.1) is 0 Å². The highest BCUT2D eigenvalue weighted by molar-refractivity contribution is 6.35. The Morgan fingerprint density at radius 3 is 2.60 bits per heavy atom. The van der Waals surface area contributed by atoms with Gasteiger partial charge in [0.25, 0.3) is 0 Å². The van der Waals surface area contributed by atoms with Crippen molar-refractivity contribution in [1.82, 2.24) is 5.32 Å². The summed E-state index contributed by atoms with van der Waals surface area (Å²) in [4.78, 5) is 0. The molecule has 4 nitrogen and oxygen atoms in total. The molecule has 0 heterocycles. The molecule has 2 aromatic rings. The summed E-state index contributed by atoms with van der Waals surface area (Å²) in [7, 11) is 0. The summed E-state index contributed by atoms with van der Waals surface area (Å²) in [6.07, 6.45) is -0.748. The van der Waals surface area contributed by atoms with Gasteiger partial charge in [0.2, 0.25) is 0 Å². The standard InChI is InChI=1S/C19H23Cl2NO3/c1-2-22-10-15-8-16(20)9-18(21)19(15)25-13-17(23)12-24-11-14-6-4-3-5-7-14/h3-9,17,22-23H,2,10-13H2,1H3. The first kappa shape index (κ1) is 20.0. The summed E-state index contributed by atoms with van der Waals surface area (Å²) < 4.78 is 11.2. The summed E-state index contributed by atoms with van der Waals surface area (Å²) in [6.45, 7) is 4.15. The maximum atomic E-state index is 10.1. The van der Waals surface area contributed by atoms with Crippen molar-refractivity contribution in [3.05, 3.63) is 63.6 Å². The van der Waals surface area contributed by atoms with E-state index in [1.54, 1.807) is 6.07 Å². The molecule has 0 amide bonds. The Kier molecular flexibility index (Phi) is 8.52. The summed E-state index contributed by atoms with van der Waals surface area (Å²) in [6, 6.07) is 13.2. The third-order valence-corrected chi connectivity index (χ3v) is 3.99. The molecule has 0 aliphatic rings. The van der Waals surface area contributed by atoms with Crippen LogP contribution in [-0.2, 0) is 17.9 Å². The predicted molar refractivity (Wildman–Crippen MR) is 101 cm³/mol. The molecule has 2 N–H and O–H groups in total. The Morgan fingerprint density at radius 2 is 1.88 bits per heavy atom. The maximum Gasteiger partial charge on any atom is 0.142 e. The minimum absolute atomic E-state index is 0.0925. The van der Waals surface area contributed by atoms with Crippen LogP contribution in [0.3, 0.4) is 0 Å². The molecule has 2 aromatic carbocycles. The monoisotopic (exact) mass is 383 g/mol. The first-order chi connectivity index (χ1) is 12.1. The molecule has 1 unspecified atom stereocenters. The van der Waals surface area contributed by atoms with Gasteiger partial charge in [-0.25, -0.2) is 0 Å². The molecule has 0 saturated carbocycles. The van der Waals surface area contributed by atoms with Gasteiger partial charge in [0.05, 0.1) is 18.2 Å². The molecule has 0 bridgehead atoms. The van der Waals surface area contributed by atoms with Crippen LogP contribution in [-0.4, -0.2) is 31.0 Å². The lowest BCUT2D eigenvalue weighted by Gasteiger charge is -2.17. The second kappa shape index (κ2) is 10.6. The highest BCUT2D eigenvalue weighted by Crippen LogP contribution is 2.32. The van der Waals surface area contributed by atoms with E-state index in [0.29, 0.717) is 28.9 Å². The van der Waals surface area contributed by atoms with Gasteiger partial charge in [-0.05, 0) is 24.2 Å². The third-order valence-electron chi connectivity index (χ3n) is 3.49. The van der Waals surface area contributed by atoms with E-state index in [4.69, 9.17) is 32.7 Å². The van der Waals surface area contributed by atoms with Crippen molar-refractivity contribution >= 4 is 23.2 Å². The van der Waals surface area contributed by atoms with Crippen LogP contribution in [0.1, 0.15) is 18.1 Å². The average Bonchev–Trinajstić information content (AvgIpc) is 2.59. The van der Waals surface area contributed by atoms with Crippen LogP contribution in [0.4, 0.5) is 0 Å². The topological polar surface area (TPSA) is 50.7 Å². The van der Waals surface area contributed by atoms with Gasteiger partial charge in [0, 0.05) is 17.1 Å². The Hall–Kier alpha value is -1.30. The second-order valence-electron chi connectivity index (χ2n) is 5.62. The molecule has 0 fully saturated rings. The van der Waals surface area contributed by atoms with Crippen LogP contribution >= 0.6 is 23.2 Å². The zero-order chi connectivity index (χ0) is 18.1. The lowest BCUT2D eigenvalue weighted by molar-refractivity contribution is 0.00534. The van der Waals surface area contributed by atoms with E-state index in [1.807, 2.05) is 43.3 Å². The lowest BCUT2D eigenvalue weighted by Crippen LogP contribution is -2.24. The fourth-order valence-corrected chi connectivity index (χ4v) is 2.87. The summed E-state index contributed by atoms with van der Waals surface area (Å²) in [5, 5.41) is 14.3. The largest absolute Gasteiger partial charge is 0.489 e. The number of halogens is 2. The van der Waals surface area contributed by atoms with E-state index < -0.39 is 6.10 Å². The first-order valence-electron chi connectivity index (χ1n) is 8.21. The number of ether oxygens (including phenoxy) is 2. The van der Waals surface area contributed by atoms with Gasteiger partial charge in [-0.3, -0.25) is 0 Å². The molecule has 25 heavy (non-hydrogen) atoms. The number of nitrogens with one attached hydrogen (secondary N) is 1. The molecule has 0 saturated heterocycles. The van der Waals surface area contributed by atoms with E-state index in [1.165, 1.54) is 0 Å². The van der Waals surface area contributed by atoms with Crippen molar-refractivity contribution in [3.8, 4) is 5.75 Å². The molecule has 0 aliphatic carbocycles. The van der Waals surface area contributed by atoms with Gasteiger partial charge in [0.1, 0.15) is 18.5 Å². The first-order valence-corrected chi connectivity index (χ1v) is 8.97. The van der Waals surface area contributed by atoms with Crippen LogP contribution in [0.15, 0.2) is 42.5 Å². The van der Waals surface area contributed by atoms with E-state index in [0.717, 1.165) is 17.7 Å². The number of rotatable bonds is 10. The van der Waals surface area contributed by atoms with Crippen molar-refractivity contribution < 1.29 is 14.6 Å².